The monoisotopic (exact) mass is 194 g/mol. The van der Waals surface area contributed by atoms with Gasteiger partial charge in [0.05, 0.1) is 0 Å². The molecule has 1 aromatic heterocycles. The van der Waals surface area contributed by atoms with Crippen molar-refractivity contribution in [1.82, 2.24) is 9.88 Å². The molecule has 0 amide bonds. The van der Waals surface area contributed by atoms with E-state index in [9.17, 15) is 4.39 Å². The Bertz CT molecular complexity index is 276. The zero-order valence-corrected chi connectivity index (χ0v) is 8.19. The summed E-state index contributed by atoms with van der Waals surface area (Å²) in [4.78, 5) is 6.13. The van der Waals surface area contributed by atoms with Crippen LogP contribution in [0.15, 0.2) is 24.5 Å². The zero-order chi connectivity index (χ0) is 9.80. The molecule has 1 atom stereocenters. The van der Waals surface area contributed by atoms with Crippen molar-refractivity contribution in [2.45, 2.75) is 25.6 Å². The molecule has 0 bridgehead atoms. The molecule has 0 saturated carbocycles. The maximum Gasteiger partial charge on any atom is 0.113 e. The molecule has 1 fully saturated rings. The molecule has 2 nitrogen and oxygen atoms in total. The van der Waals surface area contributed by atoms with E-state index in [2.05, 4.69) is 9.88 Å². The quantitative estimate of drug-likeness (QED) is 0.716. The second-order valence-corrected chi connectivity index (χ2v) is 3.83. The van der Waals surface area contributed by atoms with E-state index in [1.165, 1.54) is 5.56 Å². The van der Waals surface area contributed by atoms with Gasteiger partial charge in [-0.15, -0.1) is 0 Å². The Labute approximate surface area is 83.8 Å². The number of rotatable bonds is 2. The molecule has 2 heterocycles. The van der Waals surface area contributed by atoms with E-state index in [1.807, 2.05) is 12.1 Å². The first-order chi connectivity index (χ1) is 6.84. The van der Waals surface area contributed by atoms with E-state index in [-0.39, 0.29) is 0 Å². The average Bonchev–Trinajstić information content (AvgIpc) is 2.19. The summed E-state index contributed by atoms with van der Waals surface area (Å²) in [5.74, 6) is 0. The fourth-order valence-electron chi connectivity index (χ4n) is 1.89. The second-order valence-electron chi connectivity index (χ2n) is 3.83. The van der Waals surface area contributed by atoms with Gasteiger partial charge in [-0.3, -0.25) is 9.88 Å². The summed E-state index contributed by atoms with van der Waals surface area (Å²) in [7, 11) is 0. The summed E-state index contributed by atoms with van der Waals surface area (Å²) < 4.78 is 13.1. The molecular weight excluding hydrogens is 179 g/mol. The molecule has 0 aliphatic carbocycles. The normalized spacial score (nSPS) is 23.6. The first kappa shape index (κ1) is 9.59. The molecule has 3 heteroatoms. The minimum absolute atomic E-state index is 0.586. The zero-order valence-electron chi connectivity index (χ0n) is 8.19. The lowest BCUT2D eigenvalue weighted by Gasteiger charge is -2.28. The molecule has 76 valence electrons. The van der Waals surface area contributed by atoms with E-state index in [0.29, 0.717) is 6.54 Å². The van der Waals surface area contributed by atoms with Crippen molar-refractivity contribution < 1.29 is 4.39 Å². The highest BCUT2D eigenvalue weighted by molar-refractivity contribution is 5.09. The van der Waals surface area contributed by atoms with Crippen LogP contribution in [0, 0.1) is 0 Å². The Hall–Kier alpha value is -0.960. The molecule has 1 unspecified atom stereocenters. The van der Waals surface area contributed by atoms with Crippen LogP contribution < -0.4 is 0 Å². The van der Waals surface area contributed by atoms with Crippen LogP contribution in [0.25, 0.3) is 0 Å². The average molecular weight is 194 g/mol. The number of aromatic nitrogens is 1. The first-order valence-corrected chi connectivity index (χ1v) is 5.10. The van der Waals surface area contributed by atoms with Crippen LogP contribution in [-0.2, 0) is 6.54 Å². The van der Waals surface area contributed by atoms with Gasteiger partial charge >= 0.3 is 0 Å². The van der Waals surface area contributed by atoms with Crippen molar-refractivity contribution in [1.29, 1.82) is 0 Å². The van der Waals surface area contributed by atoms with Gasteiger partial charge < -0.3 is 0 Å². The summed E-state index contributed by atoms with van der Waals surface area (Å²) in [6.45, 7) is 2.45. The van der Waals surface area contributed by atoms with E-state index in [0.717, 1.165) is 25.9 Å². The number of piperidine rings is 1. The van der Waals surface area contributed by atoms with Crippen molar-refractivity contribution in [3.05, 3.63) is 30.1 Å². The van der Waals surface area contributed by atoms with Crippen LogP contribution in [0.2, 0.25) is 0 Å². The van der Waals surface area contributed by atoms with Crippen molar-refractivity contribution >= 4 is 0 Å². The number of nitrogens with zero attached hydrogens (tertiary/aromatic N) is 2. The lowest BCUT2D eigenvalue weighted by atomic mass is 10.1. The lowest BCUT2D eigenvalue weighted by Crippen LogP contribution is -2.35. The highest BCUT2D eigenvalue weighted by atomic mass is 19.1. The molecule has 0 N–H and O–H groups in total. The highest BCUT2D eigenvalue weighted by Gasteiger charge is 2.18. The Morgan fingerprint density at radius 2 is 2.21 bits per heavy atom. The van der Waals surface area contributed by atoms with Crippen molar-refractivity contribution in [3.63, 3.8) is 0 Å². The Balaban J connectivity index is 1.91. The van der Waals surface area contributed by atoms with Gasteiger partial charge in [0.25, 0.3) is 0 Å². The maximum absolute atomic E-state index is 13.1. The van der Waals surface area contributed by atoms with Crippen LogP contribution in [0.5, 0.6) is 0 Å². The fourth-order valence-corrected chi connectivity index (χ4v) is 1.89. The molecule has 1 saturated heterocycles. The number of halogens is 1. The summed E-state index contributed by atoms with van der Waals surface area (Å²) in [6.07, 6.45) is 4.64. The Kier molecular flexibility index (Phi) is 3.09. The third-order valence-electron chi connectivity index (χ3n) is 2.60. The summed E-state index contributed by atoms with van der Waals surface area (Å²) in [5.41, 5.74) is 1.22. The van der Waals surface area contributed by atoms with Crippen LogP contribution >= 0.6 is 0 Å². The van der Waals surface area contributed by atoms with Gasteiger partial charge in [0.15, 0.2) is 0 Å². The lowest BCUT2D eigenvalue weighted by molar-refractivity contribution is 0.133. The maximum atomic E-state index is 13.1. The molecule has 0 radical (unpaired) electrons. The Morgan fingerprint density at radius 3 is 2.93 bits per heavy atom. The van der Waals surface area contributed by atoms with E-state index in [1.54, 1.807) is 12.4 Å². The van der Waals surface area contributed by atoms with Crippen LogP contribution in [-0.4, -0.2) is 29.1 Å². The molecule has 0 spiro atoms. The smallest absolute Gasteiger partial charge is 0.113 e. The van der Waals surface area contributed by atoms with E-state index >= 15 is 0 Å². The molecule has 2 rings (SSSR count). The molecule has 0 aromatic carbocycles. The van der Waals surface area contributed by atoms with Crippen LogP contribution in [0.3, 0.4) is 0 Å². The standard InChI is InChI=1S/C11H15FN2/c12-11-2-1-7-14(9-11)8-10-3-5-13-6-4-10/h3-6,11H,1-2,7-9H2. The van der Waals surface area contributed by atoms with Crippen molar-refractivity contribution in [2.75, 3.05) is 13.1 Å². The van der Waals surface area contributed by atoms with Crippen LogP contribution in [0.4, 0.5) is 4.39 Å². The number of hydrogen-bond donors (Lipinski definition) is 0. The fraction of sp³-hybridized carbons (Fsp3) is 0.545. The Morgan fingerprint density at radius 1 is 1.43 bits per heavy atom. The minimum atomic E-state index is -0.634. The van der Waals surface area contributed by atoms with Gasteiger partial charge in [-0.1, -0.05) is 0 Å². The topological polar surface area (TPSA) is 16.1 Å². The molecule has 1 aliphatic rings. The summed E-state index contributed by atoms with van der Waals surface area (Å²) in [5, 5.41) is 0. The molecule has 1 aromatic rings. The SMILES string of the molecule is FC1CCCN(Cc2ccncc2)C1. The second kappa shape index (κ2) is 4.51. The number of pyridine rings is 1. The number of hydrogen-bond acceptors (Lipinski definition) is 2. The van der Waals surface area contributed by atoms with Gasteiger partial charge in [0.2, 0.25) is 0 Å². The van der Waals surface area contributed by atoms with E-state index < -0.39 is 6.17 Å². The van der Waals surface area contributed by atoms with Gasteiger partial charge in [0.1, 0.15) is 6.17 Å². The molecular formula is C11H15FN2. The highest BCUT2D eigenvalue weighted by Crippen LogP contribution is 2.15. The first-order valence-electron chi connectivity index (χ1n) is 5.10. The van der Waals surface area contributed by atoms with Gasteiger partial charge in [-0.25, -0.2) is 4.39 Å². The van der Waals surface area contributed by atoms with Crippen molar-refractivity contribution in [3.8, 4) is 0 Å². The summed E-state index contributed by atoms with van der Waals surface area (Å²) >= 11 is 0. The predicted molar refractivity (Wildman–Crippen MR) is 53.6 cm³/mol. The van der Waals surface area contributed by atoms with Gasteiger partial charge in [-0.2, -0.15) is 0 Å². The third kappa shape index (κ3) is 2.51. The molecule has 1 aliphatic heterocycles. The van der Waals surface area contributed by atoms with Crippen LogP contribution in [0.1, 0.15) is 18.4 Å². The third-order valence-corrected chi connectivity index (χ3v) is 2.60. The van der Waals surface area contributed by atoms with Gasteiger partial charge in [0, 0.05) is 25.5 Å². The minimum Gasteiger partial charge on any atom is -0.296 e. The largest absolute Gasteiger partial charge is 0.296 e. The number of alkyl halides is 1. The number of likely N-dealkylation sites (tertiary alicyclic amines) is 1. The van der Waals surface area contributed by atoms with Crippen molar-refractivity contribution in [2.24, 2.45) is 0 Å². The summed E-state index contributed by atoms with van der Waals surface area (Å²) in [6, 6.07) is 3.98. The van der Waals surface area contributed by atoms with E-state index in [4.69, 9.17) is 0 Å². The predicted octanol–water partition coefficient (Wildman–Crippen LogP) is 2.02. The van der Waals surface area contributed by atoms with Gasteiger partial charge in [-0.05, 0) is 37.1 Å². The molecule has 14 heavy (non-hydrogen) atoms.